The molecular formula is C19H20N6O. The third-order valence-electron chi connectivity index (χ3n) is 4.65. The largest absolute Gasteiger partial charge is 0.326 e. The Kier molecular flexibility index (Phi) is 4.00. The Bertz CT molecular complexity index is 978. The average molecular weight is 348 g/mol. The van der Waals surface area contributed by atoms with Crippen LogP contribution in [0.2, 0.25) is 0 Å². The molecule has 3 aromatic rings. The lowest BCUT2D eigenvalue weighted by Crippen LogP contribution is -2.24. The molecular weight excluding hydrogens is 328 g/mol. The molecule has 0 bridgehead atoms. The zero-order valence-electron chi connectivity index (χ0n) is 14.8. The van der Waals surface area contributed by atoms with Crippen LogP contribution in [0.5, 0.6) is 0 Å². The molecule has 2 N–H and O–H groups in total. The van der Waals surface area contributed by atoms with Gasteiger partial charge < -0.3 is 10.3 Å². The minimum atomic E-state index is -0.0507. The number of nitrogens with zero attached hydrogens (tertiary/aromatic N) is 5. The van der Waals surface area contributed by atoms with Gasteiger partial charge in [-0.15, -0.1) is 10.2 Å². The van der Waals surface area contributed by atoms with Gasteiger partial charge in [0.2, 0.25) is 0 Å². The summed E-state index contributed by atoms with van der Waals surface area (Å²) < 4.78 is 1.96. The van der Waals surface area contributed by atoms with Crippen molar-refractivity contribution < 1.29 is 4.79 Å². The molecule has 4 rings (SSSR count). The molecule has 1 amide bonds. The fourth-order valence-corrected chi connectivity index (χ4v) is 3.28. The number of aromatic nitrogens is 4. The Morgan fingerprint density at radius 1 is 1.19 bits per heavy atom. The third-order valence-corrected chi connectivity index (χ3v) is 4.65. The maximum Gasteiger partial charge on any atom is 0.260 e. The Labute approximate surface area is 151 Å². The number of carbonyl (C=O) groups is 1. The molecule has 0 spiro atoms. The molecule has 0 saturated carbocycles. The van der Waals surface area contributed by atoms with Gasteiger partial charge in [-0.2, -0.15) is 0 Å². The predicted octanol–water partition coefficient (Wildman–Crippen LogP) is 2.54. The average Bonchev–Trinajstić information content (AvgIpc) is 3.27. The molecule has 0 unspecified atom stereocenters. The highest BCUT2D eigenvalue weighted by molar-refractivity contribution is 6.09. The van der Waals surface area contributed by atoms with E-state index < -0.39 is 0 Å². The number of amides is 1. The zero-order chi connectivity index (χ0) is 18.3. The summed E-state index contributed by atoms with van der Waals surface area (Å²) in [7, 11) is 0. The number of anilines is 1. The van der Waals surface area contributed by atoms with E-state index in [1.54, 1.807) is 11.2 Å². The molecule has 1 aromatic carbocycles. The van der Waals surface area contributed by atoms with Gasteiger partial charge in [0.15, 0.2) is 5.82 Å². The normalized spacial score (nSPS) is 13.5. The number of hydrogen-bond donors (Lipinski definition) is 1. The van der Waals surface area contributed by atoms with Crippen LogP contribution in [-0.4, -0.2) is 25.7 Å². The van der Waals surface area contributed by atoms with E-state index in [0.717, 1.165) is 11.1 Å². The van der Waals surface area contributed by atoms with Gasteiger partial charge in [-0.1, -0.05) is 18.2 Å². The first-order valence-corrected chi connectivity index (χ1v) is 8.59. The number of nitrogens with two attached hydrogens (primary N) is 1. The molecule has 7 heteroatoms. The highest BCUT2D eigenvalue weighted by Gasteiger charge is 2.31. The Balaban J connectivity index is 1.72. The molecule has 0 fully saturated rings. The van der Waals surface area contributed by atoms with Gasteiger partial charge >= 0.3 is 0 Å². The first-order chi connectivity index (χ1) is 12.6. The smallest absolute Gasteiger partial charge is 0.260 e. The maximum atomic E-state index is 12.9. The molecule has 3 heterocycles. The fourth-order valence-electron chi connectivity index (χ4n) is 3.28. The molecule has 2 aromatic heterocycles. The third kappa shape index (κ3) is 2.57. The van der Waals surface area contributed by atoms with Crippen molar-refractivity contribution in [2.45, 2.75) is 33.0 Å². The minimum Gasteiger partial charge on any atom is -0.326 e. The van der Waals surface area contributed by atoms with Gasteiger partial charge in [0.05, 0.1) is 6.54 Å². The SMILES string of the molecule is CC(C)n1cnnc1-c1cccc(N2Cc3c(CN)cccc3C2=O)n1. The van der Waals surface area contributed by atoms with Crippen molar-refractivity contribution in [3.8, 4) is 11.5 Å². The summed E-state index contributed by atoms with van der Waals surface area (Å²) >= 11 is 0. The Morgan fingerprint density at radius 3 is 2.77 bits per heavy atom. The second-order valence-electron chi connectivity index (χ2n) is 6.58. The molecule has 132 valence electrons. The van der Waals surface area contributed by atoms with E-state index in [1.165, 1.54) is 0 Å². The standard InChI is InChI=1S/C19H20N6O/c1-12(2)25-11-21-23-18(25)16-7-4-8-17(22-16)24-10-15-13(9-20)5-3-6-14(15)19(24)26/h3-8,11-12H,9-10,20H2,1-2H3. The van der Waals surface area contributed by atoms with Gasteiger partial charge in [-0.25, -0.2) is 4.98 Å². The molecule has 1 aliphatic rings. The van der Waals surface area contributed by atoms with E-state index in [2.05, 4.69) is 29.0 Å². The molecule has 1 aliphatic heterocycles. The summed E-state index contributed by atoms with van der Waals surface area (Å²) in [4.78, 5) is 19.2. The van der Waals surface area contributed by atoms with Gasteiger partial charge in [0, 0.05) is 18.2 Å². The molecule has 7 nitrogen and oxygen atoms in total. The highest BCUT2D eigenvalue weighted by Crippen LogP contribution is 2.30. The van der Waals surface area contributed by atoms with Crippen molar-refractivity contribution in [3.05, 3.63) is 59.4 Å². The molecule has 26 heavy (non-hydrogen) atoms. The monoisotopic (exact) mass is 348 g/mol. The lowest BCUT2D eigenvalue weighted by atomic mass is 10.0. The number of rotatable bonds is 4. The van der Waals surface area contributed by atoms with Crippen molar-refractivity contribution >= 4 is 11.7 Å². The van der Waals surface area contributed by atoms with E-state index in [1.807, 2.05) is 41.0 Å². The van der Waals surface area contributed by atoms with Crippen LogP contribution in [0.25, 0.3) is 11.5 Å². The van der Waals surface area contributed by atoms with Crippen LogP contribution >= 0.6 is 0 Å². The van der Waals surface area contributed by atoms with Crippen LogP contribution in [0, 0.1) is 0 Å². The van der Waals surface area contributed by atoms with Crippen LogP contribution in [0.3, 0.4) is 0 Å². The van der Waals surface area contributed by atoms with E-state index in [9.17, 15) is 4.79 Å². The predicted molar refractivity (Wildman–Crippen MR) is 98.5 cm³/mol. The summed E-state index contributed by atoms with van der Waals surface area (Å²) in [6, 6.07) is 11.5. The van der Waals surface area contributed by atoms with Crippen molar-refractivity contribution in [1.82, 2.24) is 19.7 Å². The van der Waals surface area contributed by atoms with E-state index >= 15 is 0 Å². The van der Waals surface area contributed by atoms with Crippen molar-refractivity contribution in [1.29, 1.82) is 0 Å². The molecule has 0 radical (unpaired) electrons. The highest BCUT2D eigenvalue weighted by atomic mass is 16.2. The van der Waals surface area contributed by atoms with Crippen LogP contribution in [0.1, 0.15) is 41.4 Å². The van der Waals surface area contributed by atoms with Gasteiger partial charge in [0.25, 0.3) is 5.91 Å². The number of benzene rings is 1. The summed E-state index contributed by atoms with van der Waals surface area (Å²) in [5, 5.41) is 8.19. The molecule has 0 saturated heterocycles. The van der Waals surface area contributed by atoms with Crippen LogP contribution in [0.4, 0.5) is 5.82 Å². The summed E-state index contributed by atoms with van der Waals surface area (Å²) in [6.07, 6.45) is 1.69. The Hall–Kier alpha value is -3.06. The zero-order valence-corrected chi connectivity index (χ0v) is 14.8. The molecule has 0 atom stereocenters. The van der Waals surface area contributed by atoms with Crippen molar-refractivity contribution in [2.24, 2.45) is 5.73 Å². The van der Waals surface area contributed by atoms with Crippen LogP contribution in [0.15, 0.2) is 42.7 Å². The lowest BCUT2D eigenvalue weighted by molar-refractivity contribution is 0.0996. The second kappa shape index (κ2) is 6.34. The first kappa shape index (κ1) is 16.4. The summed E-state index contributed by atoms with van der Waals surface area (Å²) in [5.41, 5.74) is 9.19. The van der Waals surface area contributed by atoms with Gasteiger partial charge in [-0.05, 0) is 43.2 Å². The van der Waals surface area contributed by atoms with Gasteiger partial charge in [-0.3, -0.25) is 9.69 Å². The van der Waals surface area contributed by atoms with Crippen LogP contribution in [-0.2, 0) is 13.1 Å². The van der Waals surface area contributed by atoms with E-state index in [0.29, 0.717) is 36.0 Å². The number of pyridine rings is 1. The first-order valence-electron chi connectivity index (χ1n) is 8.59. The second-order valence-corrected chi connectivity index (χ2v) is 6.58. The maximum absolute atomic E-state index is 12.9. The Morgan fingerprint density at radius 2 is 2.00 bits per heavy atom. The number of carbonyl (C=O) groups excluding carboxylic acids is 1. The minimum absolute atomic E-state index is 0.0507. The van der Waals surface area contributed by atoms with Crippen molar-refractivity contribution in [3.63, 3.8) is 0 Å². The fraction of sp³-hybridized carbons (Fsp3) is 0.263. The van der Waals surface area contributed by atoms with E-state index in [-0.39, 0.29) is 11.9 Å². The summed E-state index contributed by atoms with van der Waals surface area (Å²) in [6.45, 7) is 5.02. The van der Waals surface area contributed by atoms with Crippen molar-refractivity contribution in [2.75, 3.05) is 4.90 Å². The topological polar surface area (TPSA) is 89.9 Å². The lowest BCUT2D eigenvalue weighted by Gasteiger charge is -2.16. The number of fused-ring (bicyclic) bond motifs is 1. The number of hydrogen-bond acceptors (Lipinski definition) is 5. The van der Waals surface area contributed by atoms with Crippen LogP contribution < -0.4 is 10.6 Å². The summed E-state index contributed by atoms with van der Waals surface area (Å²) in [5.74, 6) is 1.24. The van der Waals surface area contributed by atoms with E-state index in [4.69, 9.17) is 5.73 Å². The molecule has 0 aliphatic carbocycles. The van der Waals surface area contributed by atoms with Gasteiger partial charge in [0.1, 0.15) is 17.8 Å². The quantitative estimate of drug-likeness (QED) is 0.782.